The van der Waals surface area contributed by atoms with Gasteiger partial charge in [-0.25, -0.2) is 4.39 Å². The van der Waals surface area contributed by atoms with Crippen LogP contribution in [0.1, 0.15) is 0 Å². The van der Waals surface area contributed by atoms with Crippen molar-refractivity contribution in [2.45, 2.75) is 4.90 Å². The second-order valence-electron chi connectivity index (χ2n) is 1.76. The molecule has 0 unspecified atom stereocenters. The average molecular weight is 223 g/mol. The summed E-state index contributed by atoms with van der Waals surface area (Å²) in [5.41, 5.74) is 0. The summed E-state index contributed by atoms with van der Waals surface area (Å²) in [5.74, 6) is -1.08. The molecule has 0 atom stereocenters. The van der Waals surface area contributed by atoms with Gasteiger partial charge >= 0.3 is 0 Å². The van der Waals surface area contributed by atoms with Crippen molar-refractivity contribution in [1.29, 1.82) is 0 Å². The molecular formula is C6H4BrFOS. The quantitative estimate of drug-likeness (QED) is 0.647. The number of phenolic OH excluding ortho intramolecular Hbond substituents is 1. The van der Waals surface area contributed by atoms with Crippen molar-refractivity contribution >= 4 is 28.6 Å². The summed E-state index contributed by atoms with van der Waals surface area (Å²) in [7, 11) is 0. The van der Waals surface area contributed by atoms with Crippen LogP contribution in [-0.4, -0.2) is 5.11 Å². The molecule has 1 nitrogen and oxygen atoms in total. The zero-order chi connectivity index (χ0) is 7.72. The Morgan fingerprint density at radius 2 is 2.10 bits per heavy atom. The molecule has 0 aliphatic carbocycles. The van der Waals surface area contributed by atoms with Crippen molar-refractivity contribution in [2.24, 2.45) is 0 Å². The van der Waals surface area contributed by atoms with Crippen LogP contribution in [0.5, 0.6) is 5.75 Å². The van der Waals surface area contributed by atoms with Crippen molar-refractivity contribution < 1.29 is 9.50 Å². The van der Waals surface area contributed by atoms with E-state index in [1.807, 2.05) is 0 Å². The number of hydrogen-bond donors (Lipinski definition) is 2. The molecule has 54 valence electrons. The van der Waals surface area contributed by atoms with E-state index < -0.39 is 5.82 Å². The standard InChI is InChI=1S/C6H4BrFOS/c7-3-1-4(9)6(8)5(10)2-3/h1-2,9-10H. The lowest BCUT2D eigenvalue weighted by Crippen LogP contribution is -1.78. The number of phenols is 1. The first-order valence-corrected chi connectivity index (χ1v) is 3.72. The van der Waals surface area contributed by atoms with E-state index in [2.05, 4.69) is 28.6 Å². The van der Waals surface area contributed by atoms with Crippen molar-refractivity contribution in [2.75, 3.05) is 0 Å². The number of benzene rings is 1. The van der Waals surface area contributed by atoms with Crippen LogP contribution in [0.15, 0.2) is 21.5 Å². The second-order valence-corrected chi connectivity index (χ2v) is 3.16. The fourth-order valence-corrected chi connectivity index (χ4v) is 1.44. The van der Waals surface area contributed by atoms with E-state index in [0.717, 1.165) is 0 Å². The Morgan fingerprint density at radius 3 is 2.60 bits per heavy atom. The molecule has 10 heavy (non-hydrogen) atoms. The van der Waals surface area contributed by atoms with E-state index in [1.165, 1.54) is 12.1 Å². The first kappa shape index (κ1) is 7.88. The highest BCUT2D eigenvalue weighted by atomic mass is 79.9. The van der Waals surface area contributed by atoms with E-state index in [4.69, 9.17) is 5.11 Å². The zero-order valence-electron chi connectivity index (χ0n) is 4.81. The molecule has 0 fully saturated rings. The lowest BCUT2D eigenvalue weighted by molar-refractivity contribution is 0.424. The van der Waals surface area contributed by atoms with Crippen molar-refractivity contribution in [3.05, 3.63) is 22.4 Å². The Labute approximate surface area is 71.4 Å². The van der Waals surface area contributed by atoms with Gasteiger partial charge in [-0.15, -0.1) is 12.6 Å². The molecule has 0 heterocycles. The van der Waals surface area contributed by atoms with E-state index in [-0.39, 0.29) is 10.6 Å². The van der Waals surface area contributed by atoms with Gasteiger partial charge in [-0.3, -0.25) is 0 Å². The molecule has 0 aliphatic rings. The summed E-state index contributed by atoms with van der Waals surface area (Å²) >= 11 is 6.84. The Kier molecular flexibility index (Phi) is 2.21. The highest BCUT2D eigenvalue weighted by Crippen LogP contribution is 2.26. The van der Waals surface area contributed by atoms with Gasteiger partial charge in [-0.05, 0) is 12.1 Å². The van der Waals surface area contributed by atoms with Gasteiger partial charge in [0.1, 0.15) is 0 Å². The number of hydrogen-bond acceptors (Lipinski definition) is 2. The molecule has 1 aromatic rings. The van der Waals surface area contributed by atoms with E-state index in [1.54, 1.807) is 0 Å². The molecule has 0 amide bonds. The van der Waals surface area contributed by atoms with Gasteiger partial charge in [0.05, 0.1) is 0 Å². The highest BCUT2D eigenvalue weighted by Gasteiger charge is 2.04. The van der Waals surface area contributed by atoms with Crippen LogP contribution >= 0.6 is 28.6 Å². The molecule has 0 radical (unpaired) electrons. The van der Waals surface area contributed by atoms with Crippen LogP contribution in [0.3, 0.4) is 0 Å². The highest BCUT2D eigenvalue weighted by molar-refractivity contribution is 9.10. The molecule has 1 rings (SSSR count). The topological polar surface area (TPSA) is 20.2 Å². The van der Waals surface area contributed by atoms with E-state index in [9.17, 15) is 4.39 Å². The Bertz CT molecular complexity index is 241. The molecule has 0 aromatic heterocycles. The maximum absolute atomic E-state index is 12.6. The van der Waals surface area contributed by atoms with Crippen LogP contribution in [-0.2, 0) is 0 Å². The average Bonchev–Trinajstić information content (AvgIpc) is 1.82. The van der Waals surface area contributed by atoms with Gasteiger partial charge in [-0.1, -0.05) is 15.9 Å². The Balaban J connectivity index is 3.31. The lowest BCUT2D eigenvalue weighted by atomic mass is 10.3. The third kappa shape index (κ3) is 1.44. The molecule has 0 saturated heterocycles. The van der Waals surface area contributed by atoms with Crippen LogP contribution in [0.25, 0.3) is 0 Å². The maximum atomic E-state index is 12.6. The number of aromatic hydroxyl groups is 1. The van der Waals surface area contributed by atoms with Crippen LogP contribution in [0.2, 0.25) is 0 Å². The first-order chi connectivity index (χ1) is 4.61. The van der Waals surface area contributed by atoms with E-state index >= 15 is 0 Å². The van der Waals surface area contributed by atoms with Crippen LogP contribution < -0.4 is 0 Å². The van der Waals surface area contributed by atoms with Crippen molar-refractivity contribution in [3.63, 3.8) is 0 Å². The molecule has 1 aromatic carbocycles. The van der Waals surface area contributed by atoms with Gasteiger partial charge in [-0.2, -0.15) is 0 Å². The van der Waals surface area contributed by atoms with Crippen molar-refractivity contribution in [3.8, 4) is 5.75 Å². The third-order valence-corrected chi connectivity index (χ3v) is 1.78. The molecule has 0 saturated carbocycles. The van der Waals surface area contributed by atoms with Gasteiger partial charge in [0.15, 0.2) is 11.6 Å². The largest absolute Gasteiger partial charge is 0.505 e. The summed E-state index contributed by atoms with van der Waals surface area (Å²) in [4.78, 5) is 0.131. The summed E-state index contributed by atoms with van der Waals surface area (Å²) in [6.07, 6.45) is 0. The molecule has 1 N–H and O–H groups in total. The molecule has 0 aliphatic heterocycles. The maximum Gasteiger partial charge on any atom is 0.178 e. The number of thiol groups is 1. The lowest BCUT2D eigenvalue weighted by Gasteiger charge is -1.98. The summed E-state index contributed by atoms with van der Waals surface area (Å²) in [5, 5.41) is 8.83. The van der Waals surface area contributed by atoms with Gasteiger partial charge < -0.3 is 5.11 Å². The predicted molar refractivity (Wildman–Crippen MR) is 43.0 cm³/mol. The predicted octanol–water partition coefficient (Wildman–Crippen LogP) is 2.58. The zero-order valence-corrected chi connectivity index (χ0v) is 7.29. The first-order valence-electron chi connectivity index (χ1n) is 2.48. The van der Waals surface area contributed by atoms with Gasteiger partial charge in [0.25, 0.3) is 0 Å². The minimum absolute atomic E-state index is 0.131. The number of rotatable bonds is 0. The minimum atomic E-state index is -0.688. The molecule has 0 bridgehead atoms. The smallest absolute Gasteiger partial charge is 0.178 e. The SMILES string of the molecule is Oc1cc(Br)cc(S)c1F. The third-order valence-electron chi connectivity index (χ3n) is 0.999. The van der Waals surface area contributed by atoms with E-state index in [0.29, 0.717) is 4.47 Å². The van der Waals surface area contributed by atoms with Gasteiger partial charge in [0.2, 0.25) is 0 Å². The normalized spacial score (nSPS) is 9.90. The van der Waals surface area contributed by atoms with Gasteiger partial charge in [0, 0.05) is 9.37 Å². The minimum Gasteiger partial charge on any atom is -0.505 e. The van der Waals surface area contributed by atoms with Crippen molar-refractivity contribution in [1.82, 2.24) is 0 Å². The molecule has 4 heteroatoms. The second kappa shape index (κ2) is 2.80. The monoisotopic (exact) mass is 222 g/mol. The molecule has 0 spiro atoms. The Morgan fingerprint density at radius 1 is 1.50 bits per heavy atom. The summed E-state index contributed by atoms with van der Waals surface area (Å²) < 4.78 is 13.2. The fraction of sp³-hybridized carbons (Fsp3) is 0. The van der Waals surface area contributed by atoms with Crippen LogP contribution in [0, 0.1) is 5.82 Å². The summed E-state index contributed by atoms with van der Waals surface area (Å²) in [6, 6.07) is 2.74. The molecular weight excluding hydrogens is 219 g/mol. The number of halogens is 2. The summed E-state index contributed by atoms with van der Waals surface area (Å²) in [6.45, 7) is 0. The van der Waals surface area contributed by atoms with Crippen LogP contribution in [0.4, 0.5) is 4.39 Å². The fourth-order valence-electron chi connectivity index (χ4n) is 0.561. The Hall–Kier alpha value is -0.220.